The minimum atomic E-state index is -0.173. The summed E-state index contributed by atoms with van der Waals surface area (Å²) in [5, 5.41) is 3.34. The van der Waals surface area contributed by atoms with Crippen LogP contribution in [0.3, 0.4) is 0 Å². The van der Waals surface area contributed by atoms with Gasteiger partial charge >= 0.3 is 0 Å². The summed E-state index contributed by atoms with van der Waals surface area (Å²) in [5.74, 6) is 0.500. The number of ether oxygens (including phenoxy) is 1. The van der Waals surface area contributed by atoms with Crippen molar-refractivity contribution in [1.82, 2.24) is 5.32 Å². The summed E-state index contributed by atoms with van der Waals surface area (Å²) in [5.41, 5.74) is 1.60. The van der Waals surface area contributed by atoms with E-state index in [0.29, 0.717) is 15.8 Å². The second-order valence-electron chi connectivity index (χ2n) is 4.83. The largest absolute Gasteiger partial charge is 0.495 e. The number of nitrogens with one attached hydrogen (secondary N) is 1. The van der Waals surface area contributed by atoms with E-state index < -0.39 is 0 Å². The molecule has 7 heteroatoms. The van der Waals surface area contributed by atoms with Crippen molar-refractivity contribution in [3.63, 3.8) is 0 Å². The fourth-order valence-corrected chi connectivity index (χ4v) is 4.40. The van der Waals surface area contributed by atoms with Gasteiger partial charge in [-0.25, -0.2) is 4.99 Å². The first-order valence-corrected chi connectivity index (χ1v) is 9.35. The fourth-order valence-electron chi connectivity index (χ4n) is 2.14. The molecule has 1 heterocycles. The second kappa shape index (κ2) is 7.55. The molecule has 0 saturated carbocycles. The van der Waals surface area contributed by atoms with Crippen LogP contribution in [0, 0.1) is 0 Å². The van der Waals surface area contributed by atoms with E-state index in [-0.39, 0.29) is 5.91 Å². The number of methoxy groups -OCH3 is 1. The smallest absolute Gasteiger partial charge is 0.264 e. The zero-order valence-electron chi connectivity index (χ0n) is 12.5. The van der Waals surface area contributed by atoms with Crippen molar-refractivity contribution in [2.45, 2.75) is 0 Å². The van der Waals surface area contributed by atoms with Crippen LogP contribution in [0.25, 0.3) is 6.08 Å². The lowest BCUT2D eigenvalue weighted by Crippen LogP contribution is -2.19. The molecule has 122 valence electrons. The van der Waals surface area contributed by atoms with Crippen LogP contribution in [0.2, 0.25) is 0 Å². The van der Waals surface area contributed by atoms with E-state index >= 15 is 0 Å². The molecule has 1 N–H and O–H groups in total. The molecule has 1 fully saturated rings. The number of para-hydroxylation sites is 1. The van der Waals surface area contributed by atoms with E-state index in [1.165, 1.54) is 11.8 Å². The van der Waals surface area contributed by atoms with Crippen LogP contribution in [0.15, 0.2) is 61.3 Å². The number of thioether (sulfide) groups is 1. The summed E-state index contributed by atoms with van der Waals surface area (Å²) >= 11 is 8.22. The lowest BCUT2D eigenvalue weighted by atomic mass is 10.2. The van der Waals surface area contributed by atoms with Crippen LogP contribution in [-0.2, 0) is 4.79 Å². The summed E-state index contributed by atoms with van der Waals surface area (Å²) in [7, 11) is 1.60. The number of benzene rings is 2. The van der Waals surface area contributed by atoms with E-state index in [4.69, 9.17) is 4.74 Å². The molecular formula is C17H12Br2N2O2S. The second-order valence-corrected chi connectivity index (χ2v) is 7.63. The van der Waals surface area contributed by atoms with Gasteiger partial charge in [-0.3, -0.25) is 4.79 Å². The van der Waals surface area contributed by atoms with Gasteiger partial charge in [0.2, 0.25) is 0 Å². The molecule has 2 aromatic carbocycles. The Hall–Kier alpha value is -1.57. The average Bonchev–Trinajstić information content (AvgIpc) is 2.87. The molecule has 1 aliphatic rings. The van der Waals surface area contributed by atoms with Crippen LogP contribution in [0.5, 0.6) is 5.75 Å². The first kappa shape index (κ1) is 17.3. The van der Waals surface area contributed by atoms with E-state index in [1.807, 2.05) is 42.5 Å². The van der Waals surface area contributed by atoms with Gasteiger partial charge in [-0.2, -0.15) is 0 Å². The number of amidine groups is 1. The molecule has 24 heavy (non-hydrogen) atoms. The third kappa shape index (κ3) is 3.91. The Balaban J connectivity index is 1.92. The predicted molar refractivity (Wildman–Crippen MR) is 106 cm³/mol. The van der Waals surface area contributed by atoms with Crippen molar-refractivity contribution in [3.8, 4) is 5.75 Å². The molecule has 1 aliphatic heterocycles. The quantitative estimate of drug-likeness (QED) is 0.638. The topological polar surface area (TPSA) is 50.7 Å². The molecule has 2 aromatic rings. The average molecular weight is 468 g/mol. The highest BCUT2D eigenvalue weighted by molar-refractivity contribution is 9.11. The lowest BCUT2D eigenvalue weighted by Gasteiger charge is -2.08. The Morgan fingerprint density at radius 1 is 1.21 bits per heavy atom. The molecule has 1 amide bonds. The van der Waals surface area contributed by atoms with Crippen LogP contribution in [0.1, 0.15) is 5.56 Å². The highest BCUT2D eigenvalue weighted by Crippen LogP contribution is 2.36. The summed E-state index contributed by atoms with van der Waals surface area (Å²) in [6.45, 7) is 0. The number of aliphatic imine (C=N–C) groups is 1. The summed E-state index contributed by atoms with van der Waals surface area (Å²) < 4.78 is 7.12. The Kier molecular flexibility index (Phi) is 5.43. The van der Waals surface area contributed by atoms with Crippen LogP contribution < -0.4 is 10.1 Å². The van der Waals surface area contributed by atoms with Crippen molar-refractivity contribution in [2.75, 3.05) is 7.11 Å². The van der Waals surface area contributed by atoms with Gasteiger partial charge in [0.15, 0.2) is 5.17 Å². The summed E-state index contributed by atoms with van der Waals surface area (Å²) in [4.78, 5) is 17.2. The van der Waals surface area contributed by atoms with Gasteiger partial charge in [-0.15, -0.1) is 0 Å². The van der Waals surface area contributed by atoms with Crippen molar-refractivity contribution in [3.05, 3.63) is 61.9 Å². The van der Waals surface area contributed by atoms with Crippen molar-refractivity contribution < 1.29 is 9.53 Å². The Bertz CT molecular complexity index is 851. The monoisotopic (exact) mass is 466 g/mol. The molecule has 0 atom stereocenters. The van der Waals surface area contributed by atoms with Gasteiger partial charge in [0.05, 0.1) is 22.2 Å². The number of amides is 1. The van der Waals surface area contributed by atoms with E-state index in [9.17, 15) is 4.79 Å². The molecule has 0 aliphatic carbocycles. The van der Waals surface area contributed by atoms with Crippen molar-refractivity contribution >= 4 is 66.5 Å². The number of rotatable bonds is 3. The standard InChI is InChI=1S/C17H12Br2N2O2S/c1-23-15-10(7-11(18)9-13(15)19)8-14-16(22)21-17(24-14)20-12-5-3-2-4-6-12/h2-9H,1H3,(H,20,21,22). The molecule has 0 spiro atoms. The Labute approximate surface area is 160 Å². The lowest BCUT2D eigenvalue weighted by molar-refractivity contribution is -0.115. The maximum Gasteiger partial charge on any atom is 0.264 e. The van der Waals surface area contributed by atoms with Crippen LogP contribution in [0.4, 0.5) is 5.69 Å². The van der Waals surface area contributed by atoms with Crippen molar-refractivity contribution in [2.24, 2.45) is 4.99 Å². The zero-order chi connectivity index (χ0) is 17.1. The third-order valence-corrected chi connectivity index (χ3v) is 5.12. The molecule has 0 radical (unpaired) electrons. The van der Waals surface area contributed by atoms with Crippen LogP contribution in [-0.4, -0.2) is 18.2 Å². The first-order valence-electron chi connectivity index (χ1n) is 6.94. The minimum absolute atomic E-state index is 0.173. The van der Waals surface area contributed by atoms with Gasteiger partial charge in [0.1, 0.15) is 5.75 Å². The number of carbonyl (C=O) groups is 1. The minimum Gasteiger partial charge on any atom is -0.495 e. The number of carbonyl (C=O) groups excluding carboxylic acids is 1. The number of nitrogens with zero attached hydrogens (tertiary/aromatic N) is 1. The Morgan fingerprint density at radius 2 is 1.96 bits per heavy atom. The van der Waals surface area contributed by atoms with Gasteiger partial charge in [0.25, 0.3) is 5.91 Å². The fraction of sp³-hybridized carbons (Fsp3) is 0.0588. The van der Waals surface area contributed by atoms with E-state index in [1.54, 1.807) is 13.2 Å². The van der Waals surface area contributed by atoms with Gasteiger partial charge < -0.3 is 10.1 Å². The molecule has 0 bridgehead atoms. The zero-order valence-corrected chi connectivity index (χ0v) is 16.5. The number of hydrogen-bond acceptors (Lipinski definition) is 4. The number of hydrogen-bond donors (Lipinski definition) is 1. The van der Waals surface area contributed by atoms with E-state index in [2.05, 4.69) is 42.2 Å². The highest BCUT2D eigenvalue weighted by atomic mass is 79.9. The number of halogens is 2. The molecule has 3 rings (SSSR count). The molecular weight excluding hydrogens is 456 g/mol. The maximum atomic E-state index is 12.2. The SMILES string of the molecule is COc1c(Br)cc(Br)cc1C=C1SC(=Nc2ccccc2)NC1=O. The molecule has 0 unspecified atom stereocenters. The maximum absolute atomic E-state index is 12.2. The first-order chi connectivity index (χ1) is 11.6. The normalized spacial score (nSPS) is 17.4. The van der Waals surface area contributed by atoms with E-state index in [0.717, 1.165) is 20.2 Å². The van der Waals surface area contributed by atoms with Gasteiger partial charge in [-0.05, 0) is 58.0 Å². The third-order valence-electron chi connectivity index (χ3n) is 3.17. The predicted octanol–water partition coefficient (Wildman–Crippen LogP) is 5.11. The summed E-state index contributed by atoms with van der Waals surface area (Å²) in [6.07, 6.45) is 1.79. The van der Waals surface area contributed by atoms with Gasteiger partial charge in [-0.1, -0.05) is 34.1 Å². The molecule has 1 saturated heterocycles. The Morgan fingerprint density at radius 3 is 2.67 bits per heavy atom. The van der Waals surface area contributed by atoms with Crippen LogP contribution >= 0.6 is 43.6 Å². The molecule has 4 nitrogen and oxygen atoms in total. The molecule has 0 aromatic heterocycles. The highest BCUT2D eigenvalue weighted by Gasteiger charge is 2.24. The summed E-state index contributed by atoms with van der Waals surface area (Å²) in [6, 6.07) is 13.3. The van der Waals surface area contributed by atoms with Crippen molar-refractivity contribution in [1.29, 1.82) is 0 Å². The van der Waals surface area contributed by atoms with Gasteiger partial charge in [0, 0.05) is 10.0 Å².